The van der Waals surface area contributed by atoms with E-state index < -0.39 is 24.1 Å². The van der Waals surface area contributed by atoms with E-state index in [9.17, 15) is 22.8 Å². The molecule has 1 heterocycles. The minimum Gasteiger partial charge on any atom is -0.465 e. The molecule has 26 heavy (non-hydrogen) atoms. The second-order valence-corrected chi connectivity index (χ2v) is 7.50. The van der Waals surface area contributed by atoms with E-state index in [4.69, 9.17) is 5.11 Å². The predicted molar refractivity (Wildman–Crippen MR) is 79.4 cm³/mol. The second kappa shape index (κ2) is 5.35. The lowest BCUT2D eigenvalue weighted by Gasteiger charge is -2.69. The van der Waals surface area contributed by atoms with Crippen molar-refractivity contribution in [2.24, 2.45) is 0 Å². The molecule has 0 radical (unpaired) electrons. The van der Waals surface area contributed by atoms with Gasteiger partial charge in [-0.2, -0.15) is 5.10 Å². The molecule has 4 fully saturated rings. The summed E-state index contributed by atoms with van der Waals surface area (Å²) < 4.78 is 41.8. The first-order chi connectivity index (χ1) is 12.1. The summed E-state index contributed by atoms with van der Waals surface area (Å²) in [6, 6.07) is -0.220. The molecule has 0 saturated heterocycles. The van der Waals surface area contributed by atoms with Crippen molar-refractivity contribution in [3.63, 3.8) is 0 Å². The molecule has 142 valence electrons. The maximum absolute atomic E-state index is 12.3. The van der Waals surface area contributed by atoms with E-state index in [1.807, 2.05) is 0 Å². The Kier molecular flexibility index (Phi) is 3.52. The summed E-state index contributed by atoms with van der Waals surface area (Å²) in [5.41, 5.74) is -0.456. The van der Waals surface area contributed by atoms with E-state index in [1.165, 1.54) is 17.1 Å². The minimum atomic E-state index is -4.64. The van der Waals surface area contributed by atoms with E-state index in [0.29, 0.717) is 24.8 Å². The van der Waals surface area contributed by atoms with Crippen molar-refractivity contribution in [3.05, 3.63) is 18.0 Å². The summed E-state index contributed by atoms with van der Waals surface area (Å²) in [7, 11) is 0. The maximum Gasteiger partial charge on any atom is 0.522 e. The van der Waals surface area contributed by atoms with Gasteiger partial charge in [-0.05, 0) is 32.1 Å². The zero-order valence-electron chi connectivity index (χ0n) is 13.5. The van der Waals surface area contributed by atoms with Gasteiger partial charge >= 0.3 is 12.5 Å². The molecule has 4 saturated carbocycles. The van der Waals surface area contributed by atoms with Crippen molar-refractivity contribution in [3.8, 4) is 0 Å². The predicted octanol–water partition coefficient (Wildman–Crippen LogP) is 1.80. The normalized spacial score (nSPS) is 34.9. The average molecular weight is 374 g/mol. The lowest BCUT2D eigenvalue weighted by Crippen LogP contribution is -2.83. The Morgan fingerprint density at radius 1 is 1.23 bits per heavy atom. The largest absolute Gasteiger partial charge is 0.522 e. The Hall–Kier alpha value is -2.30. The van der Waals surface area contributed by atoms with E-state index in [1.54, 1.807) is 0 Å². The number of hydrogen-bond acceptors (Lipinski definition) is 4. The van der Waals surface area contributed by atoms with Crippen LogP contribution in [0, 0.1) is 0 Å². The summed E-state index contributed by atoms with van der Waals surface area (Å²) in [6.45, 7) is 0. The molecule has 3 N–H and O–H groups in total. The van der Waals surface area contributed by atoms with Gasteiger partial charge in [0, 0.05) is 11.7 Å². The van der Waals surface area contributed by atoms with Crippen LogP contribution in [0.4, 0.5) is 18.0 Å². The van der Waals surface area contributed by atoms with E-state index in [-0.39, 0.29) is 30.3 Å². The topological polar surface area (TPSA) is 105 Å². The summed E-state index contributed by atoms with van der Waals surface area (Å²) in [5, 5.41) is 18.2. The van der Waals surface area contributed by atoms with Crippen LogP contribution in [0.1, 0.15) is 48.5 Å². The number of carbonyl (C=O) groups is 2. The molecule has 0 aromatic carbocycles. The number of rotatable bonds is 5. The van der Waals surface area contributed by atoms with E-state index >= 15 is 0 Å². The highest BCUT2D eigenvalue weighted by atomic mass is 19.4. The van der Waals surface area contributed by atoms with Gasteiger partial charge in [-0.1, -0.05) is 0 Å². The van der Waals surface area contributed by atoms with Crippen LogP contribution in [0.15, 0.2) is 12.4 Å². The third kappa shape index (κ3) is 3.00. The fourth-order valence-electron chi connectivity index (χ4n) is 4.29. The minimum absolute atomic E-state index is 0.190. The van der Waals surface area contributed by atoms with Crippen LogP contribution in [0.25, 0.3) is 0 Å². The molecular weight excluding hydrogens is 357 g/mol. The number of nitrogens with zero attached hydrogens (tertiary/aromatic N) is 2. The van der Waals surface area contributed by atoms with Crippen LogP contribution < -0.4 is 10.6 Å². The number of aromatic nitrogens is 2. The van der Waals surface area contributed by atoms with Crippen LogP contribution in [0.5, 0.6) is 0 Å². The van der Waals surface area contributed by atoms with Gasteiger partial charge in [0.25, 0.3) is 5.91 Å². The first-order valence-corrected chi connectivity index (χ1v) is 8.19. The molecule has 0 atom stereocenters. The highest BCUT2D eigenvalue weighted by Crippen LogP contribution is 2.60. The first-order valence-electron chi connectivity index (χ1n) is 8.19. The van der Waals surface area contributed by atoms with E-state index in [0.717, 1.165) is 0 Å². The van der Waals surface area contributed by atoms with Crippen molar-refractivity contribution in [2.75, 3.05) is 0 Å². The van der Waals surface area contributed by atoms with Gasteiger partial charge < -0.3 is 15.7 Å². The number of amides is 2. The molecule has 4 aliphatic rings. The number of carbonyl (C=O) groups excluding carboxylic acids is 1. The summed E-state index contributed by atoms with van der Waals surface area (Å²) in [5.74, 6) is -0.317. The molecule has 2 bridgehead atoms. The van der Waals surface area contributed by atoms with E-state index in [2.05, 4.69) is 20.5 Å². The maximum atomic E-state index is 12.3. The number of carboxylic acid groups (broad SMARTS) is 1. The summed E-state index contributed by atoms with van der Waals surface area (Å²) in [4.78, 5) is 23.0. The number of hydrogen-bond donors (Lipinski definition) is 3. The molecule has 1 aromatic heterocycles. The van der Waals surface area contributed by atoms with Gasteiger partial charge in [-0.25, -0.2) is 4.79 Å². The highest BCUT2D eigenvalue weighted by Gasteiger charge is 2.69. The summed E-state index contributed by atoms with van der Waals surface area (Å²) in [6.07, 6.45) is -1.63. The Bertz CT molecular complexity index is 737. The van der Waals surface area contributed by atoms with Crippen molar-refractivity contribution < 1.29 is 32.6 Å². The number of halogens is 3. The fourth-order valence-corrected chi connectivity index (χ4v) is 4.29. The SMILES string of the molecule is O=C(O)NC12CC(NC(=O)c3cnn(C4CC(OC(F)(F)F)C4)c3)(C1)C2. The molecule has 4 aliphatic carbocycles. The quantitative estimate of drug-likeness (QED) is 0.729. The highest BCUT2D eigenvalue weighted by molar-refractivity contribution is 5.94. The lowest BCUT2D eigenvalue weighted by molar-refractivity contribution is -0.353. The third-order valence-corrected chi connectivity index (χ3v) is 5.39. The number of alkyl halides is 3. The number of nitrogens with one attached hydrogen (secondary N) is 2. The molecule has 5 rings (SSSR count). The van der Waals surface area contributed by atoms with Gasteiger partial charge in [0.1, 0.15) is 0 Å². The monoisotopic (exact) mass is 374 g/mol. The molecule has 0 aliphatic heterocycles. The lowest BCUT2D eigenvalue weighted by atomic mass is 9.44. The Balaban J connectivity index is 1.27. The van der Waals surface area contributed by atoms with Crippen molar-refractivity contribution in [1.29, 1.82) is 0 Å². The van der Waals surface area contributed by atoms with Gasteiger partial charge in [-0.3, -0.25) is 14.2 Å². The van der Waals surface area contributed by atoms with Crippen LogP contribution in [-0.4, -0.2) is 50.4 Å². The molecule has 0 spiro atoms. The Morgan fingerprint density at radius 3 is 2.42 bits per heavy atom. The van der Waals surface area contributed by atoms with Crippen LogP contribution in [0.3, 0.4) is 0 Å². The van der Waals surface area contributed by atoms with Gasteiger partial charge in [0.15, 0.2) is 0 Å². The molecule has 8 nitrogen and oxygen atoms in total. The first kappa shape index (κ1) is 17.1. The molecule has 11 heteroatoms. The van der Waals surface area contributed by atoms with Crippen LogP contribution in [0.2, 0.25) is 0 Å². The smallest absolute Gasteiger partial charge is 0.465 e. The third-order valence-electron chi connectivity index (χ3n) is 5.39. The van der Waals surface area contributed by atoms with Crippen molar-refractivity contribution >= 4 is 12.0 Å². The van der Waals surface area contributed by atoms with Gasteiger partial charge in [0.2, 0.25) is 0 Å². The van der Waals surface area contributed by atoms with Crippen molar-refractivity contribution in [2.45, 2.75) is 61.7 Å². The standard InChI is InChI=1S/C15H17F3N4O4/c16-15(17,18)26-10-1-9(2-10)22-4-8(3-19-22)11(23)20-13-5-14(6-13,7-13)21-12(24)25/h3-4,9-10,21H,1-2,5-7H2,(H,20,23)(H,24,25). The number of ether oxygens (including phenoxy) is 1. The Morgan fingerprint density at radius 2 is 1.85 bits per heavy atom. The molecule has 0 unspecified atom stereocenters. The fraction of sp³-hybridized carbons (Fsp3) is 0.667. The second-order valence-electron chi connectivity index (χ2n) is 7.50. The summed E-state index contributed by atoms with van der Waals surface area (Å²) >= 11 is 0. The molecule has 2 amide bonds. The Labute approximate surface area is 145 Å². The molecular formula is C15H17F3N4O4. The van der Waals surface area contributed by atoms with Crippen molar-refractivity contribution in [1.82, 2.24) is 20.4 Å². The van der Waals surface area contributed by atoms with Crippen LogP contribution >= 0.6 is 0 Å². The van der Waals surface area contributed by atoms with Gasteiger partial charge in [-0.15, -0.1) is 13.2 Å². The zero-order chi connectivity index (χ0) is 18.7. The van der Waals surface area contributed by atoms with Crippen LogP contribution in [-0.2, 0) is 4.74 Å². The van der Waals surface area contributed by atoms with Gasteiger partial charge in [0.05, 0.1) is 29.4 Å². The molecule has 1 aromatic rings. The average Bonchev–Trinajstić information content (AvgIpc) is 2.86. The zero-order valence-corrected chi connectivity index (χ0v) is 13.5.